The number of anilines is 5. The van der Waals surface area contributed by atoms with Gasteiger partial charge in [0.05, 0.1) is 0 Å². The average molecular weight is 2480 g/mol. The minimum atomic E-state index is -1.75. The van der Waals surface area contributed by atoms with Crippen LogP contribution in [0.4, 0.5) is 28.4 Å². The van der Waals surface area contributed by atoms with Crippen molar-refractivity contribution in [3.05, 3.63) is 293 Å². The molecule has 21 heteroatoms. The molecule has 0 bridgehead atoms. The van der Waals surface area contributed by atoms with Gasteiger partial charge in [0.25, 0.3) is 0 Å². The van der Waals surface area contributed by atoms with Gasteiger partial charge in [-0.3, -0.25) is 0 Å². The number of ether oxygens (including phenoxy) is 3. The summed E-state index contributed by atoms with van der Waals surface area (Å²) in [5, 5.41) is 0. The van der Waals surface area contributed by atoms with Crippen LogP contribution < -0.4 is 24.5 Å². The topological polar surface area (TPSA) is 67.5 Å². The maximum absolute atomic E-state index is 5.83. The van der Waals surface area contributed by atoms with Gasteiger partial charge in [0.15, 0.2) is 0 Å². The van der Waals surface area contributed by atoms with Gasteiger partial charge in [0.1, 0.15) is 0 Å². The SMILES string of the molecule is CC(C)(C)c1cc(N2[CH-]N(c3cc(C(C)(C)C)cc(C(C)(C)C)c3)CC2)cc(C(C)(C)C)c1.CC(C)[OH+]c1ccccc1[CH]=[Ru]([Cl])[Cl].CC(C)[OH+]c1ccccc1[CH]=[Ru]([Cl])[Cl].CC(C)[OH+]c1ccccc1[CH]=[Ru]([Cl])[Cl].CC(C)c1cccc(C(C)C)c1N1[CH-]C(C)(C)CC1.CC(C)c1cccc(C(C)C)c1N1[CH-]C(C)(C)CC1(C)C.CCc1cccc(CC)c1N1[CH-]C(C)(C)CC1.[Cl][Ru]([Cl])=[CH]CCc1ccccn1. The number of aliphatic hydroxyl groups is 3. The molecule has 5 heterocycles. The Hall–Kier alpha value is -4.40. The van der Waals surface area contributed by atoms with Crippen LogP contribution in [0.15, 0.2) is 188 Å². The predicted octanol–water partition coefficient (Wildman–Crippen LogP) is 37.0. The van der Waals surface area contributed by atoms with Crippen molar-refractivity contribution in [2.45, 2.75) is 363 Å². The summed E-state index contributed by atoms with van der Waals surface area (Å²) in [5.41, 5.74) is 27.4. The van der Waals surface area contributed by atoms with Gasteiger partial charge in [-0.15, -0.1) is 16.2 Å². The predicted molar refractivity (Wildman–Crippen MR) is 631 cm³/mol. The van der Waals surface area contributed by atoms with Crippen molar-refractivity contribution in [1.29, 1.82) is 0 Å². The molecule has 0 radical (unpaired) electrons. The molecule has 8 aromatic carbocycles. The minimum absolute atomic E-state index is 0.123. The molecule has 4 saturated heterocycles. The third-order valence-corrected chi connectivity index (χ3v) is 33.0. The summed E-state index contributed by atoms with van der Waals surface area (Å²) in [6.07, 6.45) is 10.5. The number of rotatable bonds is 23. The van der Waals surface area contributed by atoms with E-state index in [9.17, 15) is 0 Å². The van der Waals surface area contributed by atoms with Crippen LogP contribution in [0.5, 0.6) is 17.2 Å². The number of aromatic hydroxyl groups is 3. The van der Waals surface area contributed by atoms with Crippen molar-refractivity contribution in [1.82, 2.24) is 4.98 Å². The van der Waals surface area contributed by atoms with Crippen molar-refractivity contribution in [3.8, 4) is 17.2 Å². The van der Waals surface area contributed by atoms with Gasteiger partial charge in [0.2, 0.25) is 0 Å². The monoisotopic (exact) mass is 2480 g/mol. The Kier molecular flexibility index (Phi) is 52.2. The van der Waals surface area contributed by atoms with E-state index in [4.69, 9.17) is 77.5 Å². The number of benzene rings is 8. The number of pyridine rings is 1. The van der Waals surface area contributed by atoms with Gasteiger partial charge in [0, 0.05) is 47.1 Å². The van der Waals surface area contributed by atoms with Gasteiger partial charge in [-0.25, -0.2) is 19.6 Å². The molecule has 13 rings (SSSR count). The average Bonchev–Trinajstić information content (AvgIpc) is 1.60. The van der Waals surface area contributed by atoms with Crippen LogP contribution in [0, 0.1) is 42.5 Å². The third kappa shape index (κ3) is 42.9. The molecule has 9 nitrogen and oxygen atoms in total. The van der Waals surface area contributed by atoms with Crippen LogP contribution >= 0.6 is 77.5 Å². The van der Waals surface area contributed by atoms with Crippen molar-refractivity contribution < 1.29 is 68.3 Å². The van der Waals surface area contributed by atoms with Crippen molar-refractivity contribution in [3.63, 3.8) is 0 Å². The van der Waals surface area contributed by atoms with E-state index in [-0.39, 0.29) is 50.9 Å². The third-order valence-electron chi connectivity index (χ3n) is 25.2. The van der Waals surface area contributed by atoms with Gasteiger partial charge >= 0.3 is 379 Å². The van der Waals surface area contributed by atoms with Crippen LogP contribution in [0.1, 0.15) is 377 Å². The molecule has 0 spiro atoms. The molecular formula is C123H179Cl8N6O3Ru4-. The van der Waals surface area contributed by atoms with E-state index in [1.165, 1.54) is 103 Å². The number of para-hydroxylation sites is 6. The second-order valence-corrected chi connectivity index (χ2v) is 70.0. The van der Waals surface area contributed by atoms with Crippen LogP contribution in [-0.4, -0.2) is 87.7 Å². The Morgan fingerprint density at radius 1 is 0.361 bits per heavy atom. The Morgan fingerprint density at radius 3 is 0.951 bits per heavy atom. The van der Waals surface area contributed by atoms with Gasteiger partial charge in [-0.1, -0.05) is 280 Å². The fraction of sp³-hybridized carbons (Fsp3) is 0.504. The number of hydrogen-bond donors (Lipinski definition) is 0. The maximum atomic E-state index is 5.83. The Balaban J connectivity index is 0.000000258. The summed E-state index contributed by atoms with van der Waals surface area (Å²) >= 11 is -6.81. The van der Waals surface area contributed by atoms with Crippen molar-refractivity contribution in [2.24, 2.45) is 16.2 Å². The molecule has 3 N–H and O–H groups in total. The molecule has 0 amide bonds. The molecule has 1 aromatic heterocycles. The number of hydrogen-bond acceptors (Lipinski definition) is 6. The van der Waals surface area contributed by atoms with E-state index in [1.807, 2.05) is 151 Å². The Bertz CT molecular complexity index is 5220. The van der Waals surface area contributed by atoms with Gasteiger partial charge < -0.3 is 24.5 Å². The molecule has 4 aliphatic heterocycles. The summed E-state index contributed by atoms with van der Waals surface area (Å²) in [7, 11) is 46.3. The van der Waals surface area contributed by atoms with Gasteiger partial charge in [-0.2, -0.15) is 6.67 Å². The fourth-order valence-electron chi connectivity index (χ4n) is 17.8. The zero-order chi connectivity index (χ0) is 108. The first-order valence-corrected chi connectivity index (χ1v) is 73.4. The first-order valence-electron chi connectivity index (χ1n) is 51.4. The second-order valence-electron chi connectivity index (χ2n) is 46.9. The molecule has 4 fully saturated rings. The van der Waals surface area contributed by atoms with Crippen molar-refractivity contribution >= 4 is 124 Å². The number of aryl methyl sites for hydroxylation is 3. The fourth-order valence-corrected chi connectivity index (χ4v) is 24.8. The van der Waals surface area contributed by atoms with Crippen molar-refractivity contribution in [2.75, 3.05) is 50.7 Å². The summed E-state index contributed by atoms with van der Waals surface area (Å²) in [4.78, 5) is 16.6. The Morgan fingerprint density at radius 2 is 0.681 bits per heavy atom. The molecular weight excluding hydrogens is 2300 g/mol. The standard InChI is InChI=1S/C31H47N2.C20H32N.C18H28N.C16H24N.3C10H12O.C8H9N.8ClH.4Ru/c1-28(2,3)22-15-23(29(4,5)6)18-26(17-22)32-13-14-33(21-32)27-19-24(30(7,8)9)16-25(20-27)31(10,11)12;1-14(2)16-10-9-11-17(15(3)4)18(16)21-13-19(5,6)12-20(21,7)8;1-13(2)15-8-7-9-16(14(3)4)17(15)19-11-10-18(5,6)12-19;1-5-13-8-7-9-14(6-2)15(13)17-11-10-16(3,4)12-17;3*1-8(2)11-10-7-5-4-6-9(10)3;1-2-5-8-6-3-4-7-9-8;;;;;;;;;;;;/h15-21H,13-14H2,1-12H3;9-11,13-15H,12H2,1-8H3;7-9,12-14H,10-11H2,1-6H3;7-9,12H,5-6,10-11H2,1-4H3;3*3-8H,1-2H3;1,3-4,6-7H,2,5H2;8*1H;;;;/q4*-1;;;;;;;;;;;;;4*+2/p-5. The van der Waals surface area contributed by atoms with E-state index in [1.54, 1.807) is 6.20 Å². The molecule has 4 aliphatic rings. The zero-order valence-electron chi connectivity index (χ0n) is 93.8. The molecule has 0 atom stereocenters. The van der Waals surface area contributed by atoms with Crippen LogP contribution in [-0.2, 0) is 95.0 Å². The molecule has 0 aliphatic carbocycles. The van der Waals surface area contributed by atoms with E-state index < -0.39 is 54.1 Å². The van der Waals surface area contributed by atoms with Crippen LogP contribution in [0.2, 0.25) is 0 Å². The Labute approximate surface area is 928 Å². The first kappa shape index (κ1) is 128. The van der Waals surface area contributed by atoms with E-state index in [0.29, 0.717) is 34.5 Å². The van der Waals surface area contributed by atoms with Crippen LogP contribution in [0.25, 0.3) is 0 Å². The van der Waals surface area contributed by atoms with Gasteiger partial charge in [-0.05, 0) is 165 Å². The van der Waals surface area contributed by atoms with E-state index in [2.05, 4.69) is 369 Å². The number of nitrogens with zero attached hydrogens (tertiary/aromatic N) is 6. The normalized spacial score (nSPS) is 15.6. The molecule has 0 unspecified atom stereocenters. The molecule has 144 heavy (non-hydrogen) atoms. The molecule has 9 aromatic rings. The van der Waals surface area contributed by atoms with Crippen LogP contribution in [0.3, 0.4) is 0 Å². The summed E-state index contributed by atoms with van der Waals surface area (Å²) in [6, 6.07) is 64.4. The molecule has 0 saturated carbocycles. The second kappa shape index (κ2) is 58.6. The summed E-state index contributed by atoms with van der Waals surface area (Å²) in [5.74, 6) is 5.17. The zero-order valence-corrected chi connectivity index (χ0v) is 107. The first-order chi connectivity index (χ1) is 66.9. The number of aromatic nitrogens is 1. The molecule has 808 valence electrons. The van der Waals surface area contributed by atoms with E-state index >= 15 is 0 Å². The quantitative estimate of drug-likeness (QED) is 0.0361. The van der Waals surface area contributed by atoms with E-state index in [0.717, 1.165) is 91.5 Å². The summed E-state index contributed by atoms with van der Waals surface area (Å²) < 4.78 is 21.2. The number of halogens is 8. The summed E-state index contributed by atoms with van der Waals surface area (Å²) in [6.45, 7) is 95.6.